The Balaban J connectivity index is 2.86. The lowest BCUT2D eigenvalue weighted by atomic mass is 9.89. The van der Waals surface area contributed by atoms with Crippen LogP contribution in [0.25, 0.3) is 0 Å². The van der Waals surface area contributed by atoms with Crippen LogP contribution in [0.5, 0.6) is 5.75 Å². The summed E-state index contributed by atoms with van der Waals surface area (Å²) in [5.41, 5.74) is 0.607. The third kappa shape index (κ3) is 4.24. The highest BCUT2D eigenvalue weighted by molar-refractivity contribution is 5.69. The van der Waals surface area contributed by atoms with E-state index < -0.39 is 5.60 Å². The van der Waals surface area contributed by atoms with Crippen LogP contribution < -0.4 is 4.74 Å². The highest BCUT2D eigenvalue weighted by Crippen LogP contribution is 2.34. The standard InChI is InChI=1S/C15H22O4/c1-5-19-14(16)8-9-15(3,17)12-10-11(2)6-7-13(12)18-4/h6-7,10,17H,5,8-9H2,1-4H3. The fourth-order valence-electron chi connectivity index (χ4n) is 1.96. The summed E-state index contributed by atoms with van der Waals surface area (Å²) in [4.78, 5) is 11.4. The lowest BCUT2D eigenvalue weighted by Crippen LogP contribution is -2.24. The highest BCUT2D eigenvalue weighted by Gasteiger charge is 2.27. The van der Waals surface area contributed by atoms with E-state index in [1.54, 1.807) is 21.0 Å². The lowest BCUT2D eigenvalue weighted by Gasteiger charge is -2.26. The van der Waals surface area contributed by atoms with Gasteiger partial charge in [0, 0.05) is 12.0 Å². The van der Waals surface area contributed by atoms with Crippen LogP contribution >= 0.6 is 0 Å². The van der Waals surface area contributed by atoms with Gasteiger partial charge in [-0.1, -0.05) is 11.6 Å². The largest absolute Gasteiger partial charge is 0.496 e. The number of hydrogen-bond acceptors (Lipinski definition) is 4. The Kier molecular flexibility index (Phi) is 5.36. The van der Waals surface area contributed by atoms with Crippen molar-refractivity contribution in [1.29, 1.82) is 0 Å². The molecule has 4 nitrogen and oxygen atoms in total. The minimum atomic E-state index is -1.12. The van der Waals surface area contributed by atoms with Crippen LogP contribution in [0.2, 0.25) is 0 Å². The summed E-state index contributed by atoms with van der Waals surface area (Å²) in [6, 6.07) is 5.62. The maximum Gasteiger partial charge on any atom is 0.305 e. The molecule has 1 unspecified atom stereocenters. The van der Waals surface area contributed by atoms with Crippen LogP contribution in [0.15, 0.2) is 18.2 Å². The third-order valence-corrected chi connectivity index (χ3v) is 3.06. The normalized spacial score (nSPS) is 13.7. The molecule has 1 aromatic rings. The molecule has 1 N–H and O–H groups in total. The van der Waals surface area contributed by atoms with E-state index in [1.165, 1.54) is 0 Å². The Hall–Kier alpha value is -1.55. The molecule has 1 aromatic carbocycles. The molecule has 0 radical (unpaired) electrons. The Morgan fingerprint density at radius 3 is 2.68 bits per heavy atom. The molecule has 0 aliphatic carbocycles. The zero-order valence-corrected chi connectivity index (χ0v) is 12.0. The molecule has 0 spiro atoms. The second kappa shape index (κ2) is 6.57. The van der Waals surface area contributed by atoms with Crippen LogP contribution in [0, 0.1) is 6.92 Å². The number of methoxy groups -OCH3 is 1. The molecular formula is C15H22O4. The van der Waals surface area contributed by atoms with Crippen LogP contribution in [0.3, 0.4) is 0 Å². The molecule has 4 heteroatoms. The Morgan fingerprint density at radius 2 is 2.11 bits per heavy atom. The second-order valence-electron chi connectivity index (χ2n) is 4.78. The zero-order valence-electron chi connectivity index (χ0n) is 12.0. The minimum absolute atomic E-state index is 0.179. The number of hydrogen-bond donors (Lipinski definition) is 1. The number of rotatable bonds is 6. The van der Waals surface area contributed by atoms with Gasteiger partial charge in [-0.3, -0.25) is 4.79 Å². The fraction of sp³-hybridized carbons (Fsp3) is 0.533. The molecule has 0 aromatic heterocycles. The van der Waals surface area contributed by atoms with Gasteiger partial charge in [-0.05, 0) is 39.3 Å². The van der Waals surface area contributed by atoms with Gasteiger partial charge in [0.1, 0.15) is 5.75 Å². The SMILES string of the molecule is CCOC(=O)CCC(C)(O)c1cc(C)ccc1OC. The first-order valence-corrected chi connectivity index (χ1v) is 6.44. The first kappa shape index (κ1) is 15.5. The first-order valence-electron chi connectivity index (χ1n) is 6.44. The van der Waals surface area contributed by atoms with Crippen molar-refractivity contribution in [1.82, 2.24) is 0 Å². The molecule has 0 bridgehead atoms. The number of carbonyl (C=O) groups is 1. The van der Waals surface area contributed by atoms with Crippen molar-refractivity contribution in [3.63, 3.8) is 0 Å². The minimum Gasteiger partial charge on any atom is -0.496 e. The number of ether oxygens (including phenoxy) is 2. The average molecular weight is 266 g/mol. The van der Waals surface area contributed by atoms with Gasteiger partial charge in [0.15, 0.2) is 0 Å². The van der Waals surface area contributed by atoms with E-state index in [9.17, 15) is 9.90 Å². The second-order valence-corrected chi connectivity index (χ2v) is 4.78. The fourth-order valence-corrected chi connectivity index (χ4v) is 1.96. The van der Waals surface area contributed by atoms with Crippen LogP contribution in [0.1, 0.15) is 37.8 Å². The van der Waals surface area contributed by atoms with Crippen LogP contribution in [-0.2, 0) is 15.1 Å². The molecule has 0 saturated carbocycles. The van der Waals surface area contributed by atoms with E-state index in [4.69, 9.17) is 9.47 Å². The smallest absolute Gasteiger partial charge is 0.305 e. The number of benzene rings is 1. The van der Waals surface area contributed by atoms with E-state index in [0.29, 0.717) is 24.3 Å². The maximum absolute atomic E-state index is 11.4. The molecule has 0 aliphatic rings. The van der Waals surface area contributed by atoms with Crippen molar-refractivity contribution in [2.24, 2.45) is 0 Å². The van der Waals surface area contributed by atoms with Crippen molar-refractivity contribution in [3.05, 3.63) is 29.3 Å². The van der Waals surface area contributed by atoms with Crippen LogP contribution in [-0.4, -0.2) is 24.8 Å². The molecule has 0 fully saturated rings. The van der Waals surface area contributed by atoms with Crippen molar-refractivity contribution in [2.45, 2.75) is 39.2 Å². The number of esters is 1. The molecule has 19 heavy (non-hydrogen) atoms. The van der Waals surface area contributed by atoms with Crippen molar-refractivity contribution in [3.8, 4) is 5.75 Å². The summed E-state index contributed by atoms with van der Waals surface area (Å²) in [6.45, 7) is 5.75. The summed E-state index contributed by atoms with van der Waals surface area (Å²) >= 11 is 0. The zero-order chi connectivity index (χ0) is 14.5. The van der Waals surface area contributed by atoms with Gasteiger partial charge in [0.2, 0.25) is 0 Å². The Morgan fingerprint density at radius 1 is 1.42 bits per heavy atom. The molecule has 0 aliphatic heterocycles. The Labute approximate surface area is 114 Å². The van der Waals surface area contributed by atoms with E-state index in [1.807, 2.05) is 25.1 Å². The average Bonchev–Trinajstić information content (AvgIpc) is 2.37. The third-order valence-electron chi connectivity index (χ3n) is 3.06. The van der Waals surface area contributed by atoms with E-state index in [-0.39, 0.29) is 12.4 Å². The summed E-state index contributed by atoms with van der Waals surface area (Å²) < 4.78 is 10.1. The molecule has 0 heterocycles. The molecule has 1 rings (SSSR count). The molecular weight excluding hydrogens is 244 g/mol. The van der Waals surface area contributed by atoms with E-state index in [2.05, 4.69) is 0 Å². The van der Waals surface area contributed by atoms with Crippen molar-refractivity contribution < 1.29 is 19.4 Å². The summed E-state index contributed by atoms with van der Waals surface area (Å²) in [6.07, 6.45) is 0.476. The van der Waals surface area contributed by atoms with Gasteiger partial charge in [0.05, 0.1) is 19.3 Å². The predicted octanol–water partition coefficient (Wildman–Crippen LogP) is 2.55. The molecule has 0 saturated heterocycles. The predicted molar refractivity (Wildman–Crippen MR) is 73.2 cm³/mol. The van der Waals surface area contributed by atoms with E-state index in [0.717, 1.165) is 5.56 Å². The maximum atomic E-state index is 11.4. The van der Waals surface area contributed by atoms with Crippen molar-refractivity contribution >= 4 is 5.97 Å². The summed E-state index contributed by atoms with van der Waals surface area (Å²) in [5, 5.41) is 10.6. The lowest BCUT2D eigenvalue weighted by molar-refractivity contribution is -0.144. The highest BCUT2D eigenvalue weighted by atomic mass is 16.5. The molecule has 1 atom stereocenters. The number of aliphatic hydroxyl groups is 1. The van der Waals surface area contributed by atoms with Gasteiger partial charge in [-0.25, -0.2) is 0 Å². The van der Waals surface area contributed by atoms with Gasteiger partial charge < -0.3 is 14.6 Å². The first-order chi connectivity index (χ1) is 8.90. The van der Waals surface area contributed by atoms with Gasteiger partial charge >= 0.3 is 5.97 Å². The molecule has 0 amide bonds. The summed E-state index contributed by atoms with van der Waals surface area (Å²) in [5.74, 6) is 0.328. The van der Waals surface area contributed by atoms with E-state index >= 15 is 0 Å². The topological polar surface area (TPSA) is 55.8 Å². The van der Waals surface area contributed by atoms with Crippen molar-refractivity contribution in [2.75, 3.05) is 13.7 Å². The van der Waals surface area contributed by atoms with Gasteiger partial charge in [-0.15, -0.1) is 0 Å². The summed E-state index contributed by atoms with van der Waals surface area (Å²) in [7, 11) is 1.57. The number of carbonyl (C=O) groups excluding carboxylic acids is 1. The quantitative estimate of drug-likeness (QED) is 0.804. The van der Waals surface area contributed by atoms with Crippen LogP contribution in [0.4, 0.5) is 0 Å². The molecule has 106 valence electrons. The monoisotopic (exact) mass is 266 g/mol. The van der Waals surface area contributed by atoms with Gasteiger partial charge in [0.25, 0.3) is 0 Å². The van der Waals surface area contributed by atoms with Gasteiger partial charge in [-0.2, -0.15) is 0 Å². The Bertz CT molecular complexity index is 438. The number of aryl methyl sites for hydroxylation is 1.